The standard InChI is InChI=1S/C16H13N5/c1-11-7-8-14-16(18-11)20-15(19-14)12-9-17-21(10-12)13-5-3-2-4-6-13/h2-10H,1H3,(H,18,19,20). The van der Waals surface area contributed by atoms with Gasteiger partial charge in [0.1, 0.15) is 5.82 Å². The van der Waals surface area contributed by atoms with Crippen molar-refractivity contribution >= 4 is 11.2 Å². The van der Waals surface area contributed by atoms with Gasteiger partial charge in [-0.1, -0.05) is 18.2 Å². The zero-order valence-electron chi connectivity index (χ0n) is 11.5. The van der Waals surface area contributed by atoms with Gasteiger partial charge in [0.2, 0.25) is 0 Å². The minimum absolute atomic E-state index is 0.734. The van der Waals surface area contributed by atoms with Crippen molar-refractivity contribution in [1.82, 2.24) is 24.7 Å². The quantitative estimate of drug-likeness (QED) is 0.611. The molecule has 102 valence electrons. The smallest absolute Gasteiger partial charge is 0.178 e. The summed E-state index contributed by atoms with van der Waals surface area (Å²) in [6.45, 7) is 1.96. The number of hydrogen-bond acceptors (Lipinski definition) is 3. The van der Waals surface area contributed by atoms with E-state index in [4.69, 9.17) is 0 Å². The minimum Gasteiger partial charge on any atom is -0.336 e. The number of nitrogens with zero attached hydrogens (tertiary/aromatic N) is 4. The molecular formula is C16H13N5. The van der Waals surface area contributed by atoms with Crippen LogP contribution in [0.1, 0.15) is 5.69 Å². The molecule has 1 N–H and O–H groups in total. The summed E-state index contributed by atoms with van der Waals surface area (Å²) in [6, 6.07) is 14.0. The van der Waals surface area contributed by atoms with Gasteiger partial charge in [0, 0.05) is 11.9 Å². The molecular weight excluding hydrogens is 262 g/mol. The van der Waals surface area contributed by atoms with Gasteiger partial charge in [-0.15, -0.1) is 0 Å². The van der Waals surface area contributed by atoms with E-state index in [1.807, 2.05) is 60.3 Å². The van der Waals surface area contributed by atoms with Crippen LogP contribution in [-0.4, -0.2) is 24.7 Å². The second-order valence-corrected chi connectivity index (χ2v) is 4.92. The van der Waals surface area contributed by atoms with Crippen molar-refractivity contribution in [3.63, 3.8) is 0 Å². The molecule has 0 fully saturated rings. The van der Waals surface area contributed by atoms with Gasteiger partial charge in [-0.05, 0) is 31.2 Å². The second kappa shape index (κ2) is 4.56. The Hall–Kier alpha value is -2.95. The summed E-state index contributed by atoms with van der Waals surface area (Å²) in [4.78, 5) is 12.2. The molecule has 5 nitrogen and oxygen atoms in total. The topological polar surface area (TPSA) is 59.4 Å². The molecule has 0 aliphatic carbocycles. The number of pyridine rings is 1. The molecule has 3 heterocycles. The average molecular weight is 275 g/mol. The first-order chi connectivity index (χ1) is 10.3. The van der Waals surface area contributed by atoms with Crippen LogP contribution in [-0.2, 0) is 0 Å². The second-order valence-electron chi connectivity index (χ2n) is 4.92. The SMILES string of the molecule is Cc1ccc2[nH]c(-c3cnn(-c4ccccc4)c3)nc2n1. The summed E-state index contributed by atoms with van der Waals surface area (Å²) >= 11 is 0. The first-order valence-corrected chi connectivity index (χ1v) is 6.73. The molecule has 3 aromatic heterocycles. The Kier molecular flexibility index (Phi) is 2.57. The maximum absolute atomic E-state index is 4.53. The molecule has 21 heavy (non-hydrogen) atoms. The lowest BCUT2D eigenvalue weighted by molar-refractivity contribution is 0.880. The van der Waals surface area contributed by atoms with Crippen LogP contribution in [0.15, 0.2) is 54.9 Å². The summed E-state index contributed by atoms with van der Waals surface area (Å²) in [5, 5.41) is 4.39. The fraction of sp³-hybridized carbons (Fsp3) is 0.0625. The van der Waals surface area contributed by atoms with Gasteiger partial charge >= 0.3 is 0 Å². The van der Waals surface area contributed by atoms with Crippen molar-refractivity contribution < 1.29 is 0 Å². The van der Waals surface area contributed by atoms with Crippen molar-refractivity contribution in [1.29, 1.82) is 0 Å². The zero-order chi connectivity index (χ0) is 14.2. The van der Waals surface area contributed by atoms with Crippen LogP contribution < -0.4 is 0 Å². The van der Waals surface area contributed by atoms with Gasteiger partial charge in [-0.2, -0.15) is 5.10 Å². The van der Waals surface area contributed by atoms with Crippen molar-refractivity contribution in [2.45, 2.75) is 6.92 Å². The van der Waals surface area contributed by atoms with E-state index < -0.39 is 0 Å². The van der Waals surface area contributed by atoms with E-state index in [-0.39, 0.29) is 0 Å². The van der Waals surface area contributed by atoms with Crippen molar-refractivity contribution in [3.8, 4) is 17.1 Å². The van der Waals surface area contributed by atoms with Crippen LogP contribution in [0.5, 0.6) is 0 Å². The lowest BCUT2D eigenvalue weighted by atomic mass is 10.3. The first-order valence-electron chi connectivity index (χ1n) is 6.73. The third-order valence-electron chi connectivity index (χ3n) is 3.36. The number of H-pyrrole nitrogens is 1. The van der Waals surface area contributed by atoms with Crippen LogP contribution in [0, 0.1) is 6.92 Å². The predicted octanol–water partition coefficient (Wildman–Crippen LogP) is 3.12. The first kappa shape index (κ1) is 11.8. The average Bonchev–Trinajstić information content (AvgIpc) is 3.14. The van der Waals surface area contributed by atoms with Gasteiger partial charge in [0.25, 0.3) is 0 Å². The third kappa shape index (κ3) is 2.08. The molecule has 1 aromatic carbocycles. The summed E-state index contributed by atoms with van der Waals surface area (Å²) in [5.41, 5.74) is 4.59. The van der Waals surface area contributed by atoms with Crippen molar-refractivity contribution in [2.75, 3.05) is 0 Å². The van der Waals surface area contributed by atoms with Gasteiger partial charge in [-0.3, -0.25) is 0 Å². The fourth-order valence-corrected chi connectivity index (χ4v) is 2.29. The van der Waals surface area contributed by atoms with E-state index in [0.29, 0.717) is 0 Å². The number of hydrogen-bond donors (Lipinski definition) is 1. The highest BCUT2D eigenvalue weighted by Gasteiger charge is 2.09. The molecule has 4 aromatic rings. The molecule has 0 amide bonds. The minimum atomic E-state index is 0.734. The van der Waals surface area contributed by atoms with Gasteiger partial charge < -0.3 is 4.98 Å². The Bertz CT molecular complexity index is 905. The highest BCUT2D eigenvalue weighted by molar-refractivity contribution is 5.75. The Morgan fingerprint density at radius 3 is 2.71 bits per heavy atom. The highest BCUT2D eigenvalue weighted by atomic mass is 15.3. The number of para-hydroxylation sites is 1. The molecule has 0 unspecified atom stereocenters. The highest BCUT2D eigenvalue weighted by Crippen LogP contribution is 2.20. The Morgan fingerprint density at radius 1 is 1.00 bits per heavy atom. The van der Waals surface area contributed by atoms with Gasteiger partial charge in [0.15, 0.2) is 5.65 Å². The Balaban J connectivity index is 1.77. The number of nitrogens with one attached hydrogen (secondary N) is 1. The molecule has 5 heteroatoms. The molecule has 0 aliphatic rings. The molecule has 0 atom stereocenters. The monoisotopic (exact) mass is 275 g/mol. The van der Waals surface area contributed by atoms with Gasteiger partial charge in [-0.25, -0.2) is 14.6 Å². The van der Waals surface area contributed by atoms with E-state index in [1.165, 1.54) is 0 Å². The number of aryl methyl sites for hydroxylation is 1. The number of aromatic nitrogens is 5. The predicted molar refractivity (Wildman–Crippen MR) is 81.2 cm³/mol. The zero-order valence-corrected chi connectivity index (χ0v) is 11.5. The van der Waals surface area contributed by atoms with Crippen molar-refractivity contribution in [2.24, 2.45) is 0 Å². The maximum atomic E-state index is 4.53. The fourth-order valence-electron chi connectivity index (χ4n) is 2.29. The molecule has 4 rings (SSSR count). The summed E-state index contributed by atoms with van der Waals surface area (Å²) in [5.74, 6) is 0.783. The number of fused-ring (bicyclic) bond motifs is 1. The van der Waals surface area contributed by atoms with E-state index in [0.717, 1.165) is 33.9 Å². The largest absolute Gasteiger partial charge is 0.336 e. The van der Waals surface area contributed by atoms with Gasteiger partial charge in [0.05, 0.1) is 23.0 Å². The van der Waals surface area contributed by atoms with Crippen LogP contribution in [0.4, 0.5) is 0 Å². The molecule has 0 bridgehead atoms. The lowest BCUT2D eigenvalue weighted by Crippen LogP contribution is -1.92. The van der Waals surface area contributed by atoms with Crippen molar-refractivity contribution in [3.05, 3.63) is 60.6 Å². The van der Waals surface area contributed by atoms with Crippen LogP contribution in [0.2, 0.25) is 0 Å². The number of rotatable bonds is 2. The van der Waals surface area contributed by atoms with E-state index >= 15 is 0 Å². The number of aromatic amines is 1. The molecule has 0 radical (unpaired) electrons. The maximum Gasteiger partial charge on any atom is 0.178 e. The van der Waals surface area contributed by atoms with Crippen LogP contribution in [0.25, 0.3) is 28.2 Å². The summed E-state index contributed by atoms with van der Waals surface area (Å²) in [7, 11) is 0. The summed E-state index contributed by atoms with van der Waals surface area (Å²) < 4.78 is 1.83. The summed E-state index contributed by atoms with van der Waals surface area (Å²) in [6.07, 6.45) is 3.76. The third-order valence-corrected chi connectivity index (χ3v) is 3.36. The molecule has 0 aliphatic heterocycles. The lowest BCUT2D eigenvalue weighted by Gasteiger charge is -1.98. The number of imidazole rings is 1. The molecule has 0 spiro atoms. The Labute approximate surface area is 121 Å². The van der Waals surface area contributed by atoms with Crippen LogP contribution >= 0.6 is 0 Å². The van der Waals surface area contributed by atoms with Crippen LogP contribution in [0.3, 0.4) is 0 Å². The normalized spacial score (nSPS) is 11.1. The number of benzene rings is 1. The molecule has 0 saturated heterocycles. The van der Waals surface area contributed by atoms with E-state index in [2.05, 4.69) is 20.1 Å². The van der Waals surface area contributed by atoms with E-state index in [1.54, 1.807) is 6.20 Å². The molecule has 0 saturated carbocycles. The Morgan fingerprint density at radius 2 is 1.86 bits per heavy atom. The van der Waals surface area contributed by atoms with E-state index in [9.17, 15) is 0 Å².